The molecule has 0 aliphatic heterocycles. The summed E-state index contributed by atoms with van der Waals surface area (Å²) in [6.45, 7) is 0. The molecule has 0 spiro atoms. The first-order valence-electron chi connectivity index (χ1n) is 35.2. The van der Waals surface area contributed by atoms with Crippen LogP contribution in [0.4, 0.5) is 43.9 Å². The minimum atomic E-state index is -2.30. The van der Waals surface area contributed by atoms with E-state index in [2.05, 4.69) is 194 Å². The van der Waals surface area contributed by atoms with E-state index in [0.29, 0.717) is 23.3 Å². The second kappa shape index (κ2) is 50.6. The van der Waals surface area contributed by atoms with Crippen molar-refractivity contribution < 1.29 is 73.6 Å². The highest BCUT2D eigenvalue weighted by Crippen LogP contribution is 2.34. The van der Waals surface area contributed by atoms with Crippen molar-refractivity contribution in [2.75, 3.05) is 28.8 Å². The van der Waals surface area contributed by atoms with Gasteiger partial charge in [-0.3, -0.25) is 14.4 Å². The summed E-state index contributed by atoms with van der Waals surface area (Å²) in [5, 5.41) is 27.2. The maximum atomic E-state index is 13.9. The van der Waals surface area contributed by atoms with Gasteiger partial charge in [-0.15, -0.1) is 0 Å². The van der Waals surface area contributed by atoms with Gasteiger partial charge in [0.2, 0.25) is 11.6 Å². The molecule has 0 aromatic heterocycles. The van der Waals surface area contributed by atoms with Gasteiger partial charge in [0.25, 0.3) is 0 Å². The standard InChI is InChI=1S/C38H40O2S2.C24H32O2S2.C22H18F10O2S2/c39-38(40)14-8-7-13-37(42-30-36-25-21-34(22-26-36)18-16-32-11-5-2-6-12-32)27-28-41-29-35-23-19-33(20-24-35)17-15-31-9-3-1-4-10-31;25-24(26)14-8-7-13-23(28-20-16-22-11-5-2-6-12-22)17-19-27-18-15-21-9-3-1-4-10-21;23-13-10(14(24)18(28)21(31)17(13)27)7-35-6-5-9(3-1-2-4-12(33)34)36-8-11-15(25)19(29)22(32)20(30)16(11)26/h1-6,9-12,15-26,37H,7-8,13-14,27-30H2,(H,39,40);1-6,9-12,23H,7-8,13-20H2,(H,25,26);9H,1-8H2,(H,33,34)/b17-15+,18-16+;;. The predicted molar refractivity (Wildman–Crippen MR) is 425 cm³/mol. The summed E-state index contributed by atoms with van der Waals surface area (Å²) in [7, 11) is 0. The molecule has 22 heteroatoms. The highest BCUT2D eigenvalue weighted by Gasteiger charge is 2.28. The van der Waals surface area contributed by atoms with Gasteiger partial charge >= 0.3 is 17.9 Å². The lowest BCUT2D eigenvalue weighted by atomic mass is 10.1. The van der Waals surface area contributed by atoms with Crippen molar-refractivity contribution in [1.29, 1.82) is 0 Å². The first-order valence-corrected chi connectivity index (χ1v) is 41.8. The number of aryl methyl sites for hydroxylation is 2. The number of carbonyl (C=O) groups is 3. The van der Waals surface area contributed by atoms with Crippen LogP contribution in [-0.2, 0) is 50.2 Å². The third kappa shape index (κ3) is 34.1. The predicted octanol–water partition coefficient (Wildman–Crippen LogP) is 24.6. The summed E-state index contributed by atoms with van der Waals surface area (Å²) in [5.74, 6) is -17.8. The zero-order chi connectivity index (χ0) is 76.3. The molecule has 3 unspecified atom stereocenters. The van der Waals surface area contributed by atoms with Crippen LogP contribution in [0.1, 0.15) is 152 Å². The van der Waals surface area contributed by atoms with Crippen molar-refractivity contribution in [3.05, 3.63) is 284 Å². The molecule has 8 aromatic carbocycles. The number of unbranched alkanes of at least 4 members (excludes halogenated alkanes) is 3. The van der Waals surface area contributed by atoms with Crippen molar-refractivity contribution in [2.24, 2.45) is 0 Å². The minimum Gasteiger partial charge on any atom is -0.481 e. The number of halogens is 10. The quantitative estimate of drug-likeness (QED) is 0.0111. The molecule has 106 heavy (non-hydrogen) atoms. The maximum Gasteiger partial charge on any atom is 0.303 e. The zero-order valence-electron chi connectivity index (χ0n) is 58.9. The van der Waals surface area contributed by atoms with Gasteiger partial charge in [0.05, 0.1) is 0 Å². The smallest absolute Gasteiger partial charge is 0.303 e. The molecule has 568 valence electrons. The number of carboxylic acid groups (broad SMARTS) is 3. The lowest BCUT2D eigenvalue weighted by Crippen LogP contribution is -2.10. The molecular weight excluding hydrogens is 1490 g/mol. The van der Waals surface area contributed by atoms with Crippen LogP contribution >= 0.6 is 70.6 Å². The van der Waals surface area contributed by atoms with Crippen LogP contribution in [-0.4, -0.2) is 77.7 Å². The number of benzene rings is 8. The molecule has 0 radical (unpaired) electrons. The van der Waals surface area contributed by atoms with Crippen LogP contribution in [0.2, 0.25) is 0 Å². The normalized spacial score (nSPS) is 12.2. The molecule has 0 fully saturated rings. The lowest BCUT2D eigenvalue weighted by Gasteiger charge is -2.17. The third-order valence-electron chi connectivity index (χ3n) is 16.8. The van der Waals surface area contributed by atoms with Crippen LogP contribution in [0.15, 0.2) is 170 Å². The first-order chi connectivity index (χ1) is 51.3. The van der Waals surface area contributed by atoms with E-state index in [4.69, 9.17) is 15.3 Å². The maximum absolute atomic E-state index is 13.9. The Morgan fingerprint density at radius 1 is 0.283 bits per heavy atom. The Kier molecular flexibility index (Phi) is 42.0. The number of aliphatic carboxylic acids is 3. The van der Waals surface area contributed by atoms with E-state index in [1.54, 1.807) is 0 Å². The Morgan fingerprint density at radius 3 is 0.972 bits per heavy atom. The molecule has 0 aliphatic carbocycles. The largest absolute Gasteiger partial charge is 0.481 e. The molecule has 0 saturated carbocycles. The summed E-state index contributed by atoms with van der Waals surface area (Å²) >= 11 is 9.75. The Balaban J connectivity index is 0.000000254. The van der Waals surface area contributed by atoms with E-state index in [0.717, 1.165) is 104 Å². The van der Waals surface area contributed by atoms with E-state index in [1.807, 2.05) is 47.4 Å². The molecule has 3 N–H and O–H groups in total. The van der Waals surface area contributed by atoms with Crippen molar-refractivity contribution in [3.63, 3.8) is 0 Å². The monoisotopic (exact) mass is 1580 g/mol. The van der Waals surface area contributed by atoms with Crippen LogP contribution in [0.25, 0.3) is 24.3 Å². The number of hydrogen-bond acceptors (Lipinski definition) is 9. The average molecular weight is 1580 g/mol. The SMILES string of the molecule is O=C(O)CCCCC(CCSCCc1ccccc1)SCCc1ccccc1.O=C(O)CCCCC(CCSCc1c(F)c(F)c(F)c(F)c1F)SCc1c(F)c(F)c(F)c(F)c1F.O=C(O)CCCCC(CCSCc1ccc(/C=C/c2ccccc2)cc1)SCc1ccc(/C=C/c2ccccc2)cc1. The molecule has 0 amide bonds. The summed E-state index contributed by atoms with van der Waals surface area (Å²) in [6, 6.07) is 59.8. The Hall–Kier alpha value is -6.95. The Morgan fingerprint density at radius 2 is 0.585 bits per heavy atom. The molecule has 8 rings (SSSR count). The van der Waals surface area contributed by atoms with Gasteiger partial charge in [0, 0.05) is 69.2 Å². The molecule has 0 aliphatic rings. The summed E-state index contributed by atoms with van der Waals surface area (Å²) in [4.78, 5) is 32.3. The van der Waals surface area contributed by atoms with E-state index in [-0.39, 0.29) is 37.9 Å². The van der Waals surface area contributed by atoms with Crippen LogP contribution in [0.5, 0.6) is 0 Å². The summed E-state index contributed by atoms with van der Waals surface area (Å²) in [5.41, 5.74) is 8.26. The van der Waals surface area contributed by atoms with Gasteiger partial charge in [0.1, 0.15) is 0 Å². The molecule has 8 aromatic rings. The fraction of sp³-hybridized carbons (Fsp3) is 0.345. The lowest BCUT2D eigenvalue weighted by molar-refractivity contribution is -0.138. The van der Waals surface area contributed by atoms with Gasteiger partial charge in [-0.25, -0.2) is 43.9 Å². The number of thioether (sulfide) groups is 6. The molecule has 0 bridgehead atoms. The number of hydrogen-bond donors (Lipinski definition) is 3. The van der Waals surface area contributed by atoms with Crippen molar-refractivity contribution in [3.8, 4) is 0 Å². The van der Waals surface area contributed by atoms with Gasteiger partial charge < -0.3 is 15.3 Å². The van der Waals surface area contributed by atoms with E-state index >= 15 is 0 Å². The second-order valence-electron chi connectivity index (χ2n) is 24.9. The molecule has 0 saturated heterocycles. The minimum absolute atomic E-state index is 0.0766. The van der Waals surface area contributed by atoms with Crippen LogP contribution in [0.3, 0.4) is 0 Å². The van der Waals surface area contributed by atoms with Gasteiger partial charge in [-0.1, -0.05) is 213 Å². The number of carboxylic acids is 3. The fourth-order valence-electron chi connectivity index (χ4n) is 10.7. The van der Waals surface area contributed by atoms with Crippen LogP contribution < -0.4 is 0 Å². The highest BCUT2D eigenvalue weighted by atomic mass is 32.2. The first kappa shape index (κ1) is 88.0. The van der Waals surface area contributed by atoms with E-state index < -0.39 is 104 Å². The highest BCUT2D eigenvalue weighted by molar-refractivity contribution is 8.01. The molecular formula is C84H90F10O6S6. The fourth-order valence-corrected chi connectivity index (χ4v) is 18.1. The van der Waals surface area contributed by atoms with Crippen LogP contribution in [0, 0.1) is 58.2 Å². The summed E-state index contributed by atoms with van der Waals surface area (Å²) < 4.78 is 135. The van der Waals surface area contributed by atoms with Gasteiger partial charge in [-0.2, -0.15) is 70.6 Å². The summed E-state index contributed by atoms with van der Waals surface area (Å²) in [6.07, 6.45) is 20.4. The topological polar surface area (TPSA) is 112 Å². The Bertz CT molecular complexity index is 3880. The van der Waals surface area contributed by atoms with Gasteiger partial charge in [-0.05, 0) is 144 Å². The van der Waals surface area contributed by atoms with Crippen molar-refractivity contribution in [1.82, 2.24) is 0 Å². The van der Waals surface area contributed by atoms with Crippen molar-refractivity contribution >= 4 is 113 Å². The molecule has 6 nitrogen and oxygen atoms in total. The van der Waals surface area contributed by atoms with Crippen molar-refractivity contribution in [2.45, 2.75) is 148 Å². The van der Waals surface area contributed by atoms with E-state index in [9.17, 15) is 58.3 Å². The molecule has 3 atom stereocenters. The third-order valence-corrected chi connectivity index (χ3v) is 24.1. The average Bonchev–Trinajstić information content (AvgIpc) is 0.800. The van der Waals surface area contributed by atoms with E-state index in [1.165, 1.54) is 62.4 Å². The zero-order valence-corrected chi connectivity index (χ0v) is 63.8. The number of rotatable bonds is 45. The second-order valence-corrected chi connectivity index (χ2v) is 32.3. The molecule has 0 heterocycles. The van der Waals surface area contributed by atoms with Gasteiger partial charge in [0.15, 0.2) is 46.5 Å². The Labute approximate surface area is 642 Å².